The van der Waals surface area contributed by atoms with E-state index in [4.69, 9.17) is 5.26 Å². The molecule has 0 bridgehead atoms. The SMILES string of the molecule is CC(C)(C)n1nccc1C#N. The van der Waals surface area contributed by atoms with Crippen molar-refractivity contribution in [3.05, 3.63) is 18.0 Å². The highest BCUT2D eigenvalue weighted by Gasteiger charge is 2.16. The molecule has 0 radical (unpaired) electrons. The van der Waals surface area contributed by atoms with E-state index in [9.17, 15) is 0 Å². The van der Waals surface area contributed by atoms with Crippen LogP contribution in [0.25, 0.3) is 0 Å². The molecule has 0 aliphatic rings. The summed E-state index contributed by atoms with van der Waals surface area (Å²) in [6.07, 6.45) is 1.64. The first kappa shape index (κ1) is 7.80. The lowest BCUT2D eigenvalue weighted by molar-refractivity contribution is 0.352. The molecule has 1 aromatic rings. The van der Waals surface area contributed by atoms with E-state index in [2.05, 4.69) is 11.2 Å². The molecule has 1 rings (SSSR count). The number of hydrogen-bond donors (Lipinski definition) is 0. The molecular formula is C8H11N3. The van der Waals surface area contributed by atoms with Crippen LogP contribution in [-0.4, -0.2) is 9.78 Å². The van der Waals surface area contributed by atoms with Gasteiger partial charge < -0.3 is 0 Å². The highest BCUT2D eigenvalue weighted by molar-refractivity contribution is 5.19. The third-order valence-corrected chi connectivity index (χ3v) is 1.39. The van der Waals surface area contributed by atoms with Crippen molar-refractivity contribution < 1.29 is 0 Å². The van der Waals surface area contributed by atoms with Crippen molar-refractivity contribution in [1.29, 1.82) is 5.26 Å². The first-order valence-electron chi connectivity index (χ1n) is 3.50. The molecule has 0 N–H and O–H groups in total. The van der Waals surface area contributed by atoms with Crippen molar-refractivity contribution >= 4 is 0 Å². The summed E-state index contributed by atoms with van der Waals surface area (Å²) >= 11 is 0. The Bertz CT molecular complexity index is 285. The summed E-state index contributed by atoms with van der Waals surface area (Å²) in [4.78, 5) is 0. The quantitative estimate of drug-likeness (QED) is 0.561. The Labute approximate surface area is 66.3 Å². The second kappa shape index (κ2) is 2.39. The van der Waals surface area contributed by atoms with Gasteiger partial charge in [0.15, 0.2) is 0 Å². The van der Waals surface area contributed by atoms with Gasteiger partial charge in [-0.05, 0) is 26.8 Å². The Morgan fingerprint density at radius 1 is 1.55 bits per heavy atom. The predicted molar refractivity (Wildman–Crippen MR) is 41.9 cm³/mol. The van der Waals surface area contributed by atoms with Gasteiger partial charge in [0.2, 0.25) is 0 Å². The maximum atomic E-state index is 8.66. The topological polar surface area (TPSA) is 41.6 Å². The van der Waals surface area contributed by atoms with Gasteiger partial charge in [-0.2, -0.15) is 10.4 Å². The van der Waals surface area contributed by atoms with Gasteiger partial charge in [0, 0.05) is 0 Å². The van der Waals surface area contributed by atoms with Crippen LogP contribution in [0.1, 0.15) is 26.5 Å². The zero-order chi connectivity index (χ0) is 8.48. The van der Waals surface area contributed by atoms with Gasteiger partial charge in [0.1, 0.15) is 11.8 Å². The Morgan fingerprint density at radius 2 is 2.18 bits per heavy atom. The molecule has 0 aliphatic carbocycles. The monoisotopic (exact) mass is 149 g/mol. The van der Waals surface area contributed by atoms with Crippen molar-refractivity contribution in [2.45, 2.75) is 26.3 Å². The molecule has 11 heavy (non-hydrogen) atoms. The maximum absolute atomic E-state index is 8.66. The first-order chi connectivity index (χ1) is 5.05. The summed E-state index contributed by atoms with van der Waals surface area (Å²) in [7, 11) is 0. The van der Waals surface area contributed by atoms with Crippen LogP contribution >= 0.6 is 0 Å². The molecule has 1 aromatic heterocycles. The molecule has 0 unspecified atom stereocenters. The number of nitrogens with zero attached hydrogens (tertiary/aromatic N) is 3. The Hall–Kier alpha value is -1.30. The van der Waals surface area contributed by atoms with Crippen LogP contribution in [0.2, 0.25) is 0 Å². The largest absolute Gasteiger partial charge is 0.250 e. The number of nitriles is 1. The van der Waals surface area contributed by atoms with Crippen LogP contribution in [0.3, 0.4) is 0 Å². The molecule has 3 heteroatoms. The fraction of sp³-hybridized carbons (Fsp3) is 0.500. The maximum Gasteiger partial charge on any atom is 0.139 e. The van der Waals surface area contributed by atoms with Crippen LogP contribution < -0.4 is 0 Å². The molecule has 0 spiro atoms. The Balaban J connectivity index is 3.15. The average Bonchev–Trinajstić information content (AvgIpc) is 2.31. The molecule has 0 aromatic carbocycles. The van der Waals surface area contributed by atoms with Crippen molar-refractivity contribution in [2.75, 3.05) is 0 Å². The van der Waals surface area contributed by atoms with E-state index in [0.29, 0.717) is 5.69 Å². The van der Waals surface area contributed by atoms with Crippen LogP contribution in [0.5, 0.6) is 0 Å². The van der Waals surface area contributed by atoms with Crippen LogP contribution in [0.15, 0.2) is 12.3 Å². The predicted octanol–water partition coefficient (Wildman–Crippen LogP) is 1.51. The second-order valence-corrected chi connectivity index (χ2v) is 3.41. The van der Waals surface area contributed by atoms with Crippen molar-refractivity contribution in [3.63, 3.8) is 0 Å². The van der Waals surface area contributed by atoms with Crippen LogP contribution in [0.4, 0.5) is 0 Å². The lowest BCUT2D eigenvalue weighted by Gasteiger charge is -2.19. The summed E-state index contributed by atoms with van der Waals surface area (Å²) < 4.78 is 1.72. The van der Waals surface area contributed by atoms with E-state index in [1.165, 1.54) is 0 Å². The van der Waals surface area contributed by atoms with Crippen molar-refractivity contribution in [2.24, 2.45) is 0 Å². The van der Waals surface area contributed by atoms with E-state index >= 15 is 0 Å². The fourth-order valence-electron chi connectivity index (χ4n) is 0.923. The normalized spacial score (nSPS) is 11.1. The number of hydrogen-bond acceptors (Lipinski definition) is 2. The summed E-state index contributed by atoms with van der Waals surface area (Å²) in [5.41, 5.74) is 0.506. The standard InChI is InChI=1S/C8H11N3/c1-8(2,3)11-7(6-9)4-5-10-11/h4-5H,1-3H3. The third-order valence-electron chi connectivity index (χ3n) is 1.39. The number of rotatable bonds is 0. The Kier molecular flexibility index (Phi) is 1.69. The second-order valence-electron chi connectivity index (χ2n) is 3.41. The van der Waals surface area contributed by atoms with Gasteiger partial charge in [0.25, 0.3) is 0 Å². The van der Waals surface area contributed by atoms with Gasteiger partial charge in [-0.15, -0.1) is 0 Å². The summed E-state index contributed by atoms with van der Waals surface area (Å²) in [5, 5.41) is 12.7. The van der Waals surface area contributed by atoms with Crippen molar-refractivity contribution in [3.8, 4) is 6.07 Å². The zero-order valence-corrected chi connectivity index (χ0v) is 7.00. The molecule has 0 aliphatic heterocycles. The van der Waals surface area contributed by atoms with E-state index in [-0.39, 0.29) is 5.54 Å². The molecule has 0 saturated heterocycles. The molecule has 3 nitrogen and oxygen atoms in total. The minimum absolute atomic E-state index is 0.103. The van der Waals surface area contributed by atoms with Gasteiger partial charge in [-0.3, -0.25) is 0 Å². The van der Waals surface area contributed by atoms with Gasteiger partial charge in [-0.1, -0.05) is 0 Å². The summed E-state index contributed by atoms with van der Waals surface area (Å²) in [6, 6.07) is 3.80. The Morgan fingerprint density at radius 3 is 2.55 bits per heavy atom. The van der Waals surface area contributed by atoms with Gasteiger partial charge in [0.05, 0.1) is 11.7 Å². The lowest BCUT2D eigenvalue weighted by Crippen LogP contribution is -2.24. The van der Waals surface area contributed by atoms with E-state index in [0.717, 1.165) is 0 Å². The first-order valence-corrected chi connectivity index (χ1v) is 3.50. The smallest absolute Gasteiger partial charge is 0.139 e. The number of aromatic nitrogens is 2. The summed E-state index contributed by atoms with van der Waals surface area (Å²) in [5.74, 6) is 0. The highest BCUT2D eigenvalue weighted by Crippen LogP contribution is 2.14. The average molecular weight is 149 g/mol. The molecule has 0 amide bonds. The molecule has 0 saturated carbocycles. The van der Waals surface area contributed by atoms with E-state index < -0.39 is 0 Å². The fourth-order valence-corrected chi connectivity index (χ4v) is 0.923. The van der Waals surface area contributed by atoms with E-state index in [1.54, 1.807) is 16.9 Å². The molecular weight excluding hydrogens is 138 g/mol. The highest BCUT2D eigenvalue weighted by atomic mass is 15.3. The van der Waals surface area contributed by atoms with Gasteiger partial charge in [-0.25, -0.2) is 4.68 Å². The minimum Gasteiger partial charge on any atom is -0.250 e. The minimum atomic E-state index is -0.103. The van der Waals surface area contributed by atoms with Crippen molar-refractivity contribution in [1.82, 2.24) is 9.78 Å². The van der Waals surface area contributed by atoms with Gasteiger partial charge >= 0.3 is 0 Å². The summed E-state index contributed by atoms with van der Waals surface area (Å²) in [6.45, 7) is 6.04. The lowest BCUT2D eigenvalue weighted by atomic mass is 10.1. The molecule has 0 fully saturated rings. The molecule has 0 atom stereocenters. The third kappa shape index (κ3) is 1.40. The molecule has 1 heterocycles. The van der Waals surface area contributed by atoms with E-state index in [1.807, 2.05) is 20.8 Å². The zero-order valence-electron chi connectivity index (χ0n) is 7.00. The molecule has 58 valence electrons. The van der Waals surface area contributed by atoms with Crippen LogP contribution in [-0.2, 0) is 5.54 Å². The van der Waals surface area contributed by atoms with Crippen LogP contribution in [0, 0.1) is 11.3 Å².